The highest BCUT2D eigenvalue weighted by Gasteiger charge is 2.44. The molecule has 1 aromatic heterocycles. The SMILES string of the molecule is O=C(NCc1cccnc1)[C@@H]1c2ccccc2C(=O)N1C1CCCCCC1. The number of benzene rings is 1. The predicted octanol–water partition coefficient (Wildman–Crippen LogP) is 3.62. The van der Waals surface area contributed by atoms with Crippen LogP contribution in [0.4, 0.5) is 0 Å². The van der Waals surface area contributed by atoms with Crippen molar-refractivity contribution >= 4 is 11.8 Å². The van der Waals surface area contributed by atoms with E-state index in [4.69, 9.17) is 0 Å². The van der Waals surface area contributed by atoms with Crippen LogP contribution in [-0.4, -0.2) is 27.7 Å². The number of carbonyl (C=O) groups is 2. The number of nitrogens with zero attached hydrogens (tertiary/aromatic N) is 2. The highest BCUT2D eigenvalue weighted by molar-refractivity contribution is 6.04. The van der Waals surface area contributed by atoms with E-state index in [9.17, 15) is 9.59 Å². The second kappa shape index (κ2) is 7.91. The van der Waals surface area contributed by atoms with Crippen LogP contribution in [0, 0.1) is 0 Å². The normalized spacial score (nSPS) is 20.2. The van der Waals surface area contributed by atoms with Crippen LogP contribution in [0.1, 0.15) is 66.1 Å². The van der Waals surface area contributed by atoms with Gasteiger partial charge in [0.2, 0.25) is 5.91 Å². The number of hydrogen-bond donors (Lipinski definition) is 1. The fourth-order valence-corrected chi connectivity index (χ4v) is 4.31. The molecule has 1 saturated carbocycles. The zero-order valence-corrected chi connectivity index (χ0v) is 15.4. The lowest BCUT2D eigenvalue weighted by molar-refractivity contribution is -0.126. The van der Waals surface area contributed by atoms with Gasteiger partial charge < -0.3 is 10.2 Å². The van der Waals surface area contributed by atoms with Gasteiger partial charge in [-0.05, 0) is 36.1 Å². The Morgan fingerprint density at radius 3 is 2.59 bits per heavy atom. The predicted molar refractivity (Wildman–Crippen MR) is 103 cm³/mol. The number of nitrogens with one attached hydrogen (secondary N) is 1. The Kier molecular flexibility index (Phi) is 5.19. The molecule has 27 heavy (non-hydrogen) atoms. The molecule has 2 heterocycles. The standard InChI is InChI=1S/C22H25N3O2/c26-21(24-15-16-8-7-13-23-14-16)20-18-11-5-6-12-19(18)22(27)25(20)17-9-3-1-2-4-10-17/h5-8,11-14,17,20H,1-4,9-10,15H2,(H,24,26)/t20-/m0/s1. The van der Waals surface area contributed by atoms with Gasteiger partial charge in [0.15, 0.2) is 0 Å². The molecule has 2 aromatic rings. The molecule has 0 bridgehead atoms. The van der Waals surface area contributed by atoms with E-state index in [0.29, 0.717) is 12.1 Å². The zero-order chi connectivity index (χ0) is 18.6. The summed E-state index contributed by atoms with van der Waals surface area (Å²) in [4.78, 5) is 32.2. The first-order valence-electron chi connectivity index (χ1n) is 9.84. The van der Waals surface area contributed by atoms with Crippen LogP contribution in [0.5, 0.6) is 0 Å². The van der Waals surface area contributed by atoms with Crippen molar-refractivity contribution in [2.75, 3.05) is 0 Å². The Balaban J connectivity index is 1.59. The summed E-state index contributed by atoms with van der Waals surface area (Å²) in [7, 11) is 0. The molecule has 1 N–H and O–H groups in total. The molecule has 1 aliphatic heterocycles. The molecule has 1 aromatic carbocycles. The maximum atomic E-state index is 13.1. The fourth-order valence-electron chi connectivity index (χ4n) is 4.31. The first kappa shape index (κ1) is 17.7. The van der Waals surface area contributed by atoms with E-state index in [-0.39, 0.29) is 17.9 Å². The van der Waals surface area contributed by atoms with Gasteiger partial charge in [0, 0.05) is 30.5 Å². The van der Waals surface area contributed by atoms with E-state index in [2.05, 4.69) is 10.3 Å². The molecule has 0 radical (unpaired) electrons. The Morgan fingerprint density at radius 2 is 1.85 bits per heavy atom. The fraction of sp³-hybridized carbons (Fsp3) is 0.409. The average molecular weight is 363 g/mol. The number of aromatic nitrogens is 1. The van der Waals surface area contributed by atoms with Crippen LogP contribution in [0.2, 0.25) is 0 Å². The number of hydrogen-bond acceptors (Lipinski definition) is 3. The third kappa shape index (κ3) is 3.59. The number of carbonyl (C=O) groups excluding carboxylic acids is 2. The van der Waals surface area contributed by atoms with Crippen molar-refractivity contribution in [2.24, 2.45) is 0 Å². The second-order valence-corrected chi connectivity index (χ2v) is 7.43. The molecule has 1 atom stereocenters. The molecule has 2 amide bonds. The summed E-state index contributed by atoms with van der Waals surface area (Å²) in [5.41, 5.74) is 2.45. The first-order chi connectivity index (χ1) is 13.3. The van der Waals surface area contributed by atoms with Gasteiger partial charge in [0.25, 0.3) is 5.91 Å². The number of fused-ring (bicyclic) bond motifs is 1. The maximum Gasteiger partial charge on any atom is 0.255 e. The Labute approximate surface area is 159 Å². The van der Waals surface area contributed by atoms with Gasteiger partial charge in [-0.3, -0.25) is 14.6 Å². The van der Waals surface area contributed by atoms with Crippen molar-refractivity contribution in [3.8, 4) is 0 Å². The van der Waals surface area contributed by atoms with E-state index in [0.717, 1.165) is 36.8 Å². The summed E-state index contributed by atoms with van der Waals surface area (Å²) in [6.45, 7) is 0.415. The van der Waals surface area contributed by atoms with Crippen LogP contribution in [0.15, 0.2) is 48.8 Å². The van der Waals surface area contributed by atoms with Gasteiger partial charge in [0.05, 0.1) is 0 Å². The quantitative estimate of drug-likeness (QED) is 0.844. The molecule has 140 valence electrons. The van der Waals surface area contributed by atoms with Gasteiger partial charge in [-0.1, -0.05) is 49.9 Å². The third-order valence-corrected chi connectivity index (χ3v) is 5.65. The van der Waals surface area contributed by atoms with Crippen molar-refractivity contribution in [3.63, 3.8) is 0 Å². The summed E-state index contributed by atoms with van der Waals surface area (Å²) in [5, 5.41) is 3.01. The Bertz CT molecular complexity index is 813. The largest absolute Gasteiger partial charge is 0.350 e. The molecule has 5 nitrogen and oxygen atoms in total. The minimum absolute atomic E-state index is 0.000900. The minimum atomic E-state index is -0.534. The van der Waals surface area contributed by atoms with Crippen molar-refractivity contribution < 1.29 is 9.59 Å². The highest BCUT2D eigenvalue weighted by atomic mass is 16.2. The number of rotatable bonds is 4. The molecule has 0 unspecified atom stereocenters. The number of amides is 2. The molecule has 1 fully saturated rings. The lowest BCUT2D eigenvalue weighted by Gasteiger charge is -2.32. The minimum Gasteiger partial charge on any atom is -0.350 e. The molecule has 0 saturated heterocycles. The van der Waals surface area contributed by atoms with Gasteiger partial charge in [-0.2, -0.15) is 0 Å². The smallest absolute Gasteiger partial charge is 0.255 e. The van der Waals surface area contributed by atoms with E-state index in [1.807, 2.05) is 41.3 Å². The molecule has 4 rings (SSSR count). The van der Waals surface area contributed by atoms with Crippen molar-refractivity contribution in [2.45, 2.75) is 57.2 Å². The summed E-state index contributed by atoms with van der Waals surface area (Å²) in [6, 6.07) is 10.9. The van der Waals surface area contributed by atoms with Gasteiger partial charge in [-0.25, -0.2) is 0 Å². The first-order valence-corrected chi connectivity index (χ1v) is 9.84. The van der Waals surface area contributed by atoms with Gasteiger partial charge >= 0.3 is 0 Å². The monoisotopic (exact) mass is 363 g/mol. The van der Waals surface area contributed by atoms with Gasteiger partial charge in [0.1, 0.15) is 6.04 Å². The Hall–Kier alpha value is -2.69. The Morgan fingerprint density at radius 1 is 1.07 bits per heavy atom. The van der Waals surface area contributed by atoms with Crippen molar-refractivity contribution in [1.29, 1.82) is 0 Å². The number of pyridine rings is 1. The van der Waals surface area contributed by atoms with Crippen LogP contribution >= 0.6 is 0 Å². The third-order valence-electron chi connectivity index (χ3n) is 5.65. The lowest BCUT2D eigenvalue weighted by atomic mass is 10.0. The molecule has 1 aliphatic carbocycles. The van der Waals surface area contributed by atoms with E-state index < -0.39 is 6.04 Å². The highest BCUT2D eigenvalue weighted by Crippen LogP contribution is 2.38. The van der Waals surface area contributed by atoms with Crippen LogP contribution < -0.4 is 5.32 Å². The molecular formula is C22H25N3O2. The molecule has 2 aliphatic rings. The zero-order valence-electron chi connectivity index (χ0n) is 15.4. The van der Waals surface area contributed by atoms with Crippen LogP contribution in [-0.2, 0) is 11.3 Å². The average Bonchev–Trinajstić information content (AvgIpc) is 2.87. The summed E-state index contributed by atoms with van der Waals surface area (Å²) in [5.74, 6) is -0.111. The summed E-state index contributed by atoms with van der Waals surface area (Å²) >= 11 is 0. The molecular weight excluding hydrogens is 338 g/mol. The van der Waals surface area contributed by atoms with Crippen molar-refractivity contribution in [3.05, 3.63) is 65.5 Å². The maximum absolute atomic E-state index is 13.1. The van der Waals surface area contributed by atoms with Crippen LogP contribution in [0.3, 0.4) is 0 Å². The van der Waals surface area contributed by atoms with Crippen LogP contribution in [0.25, 0.3) is 0 Å². The van der Waals surface area contributed by atoms with Crippen molar-refractivity contribution in [1.82, 2.24) is 15.2 Å². The lowest BCUT2D eigenvalue weighted by Crippen LogP contribution is -2.44. The summed E-state index contributed by atoms with van der Waals surface area (Å²) in [6.07, 6.45) is 10.1. The van der Waals surface area contributed by atoms with E-state index in [1.165, 1.54) is 12.8 Å². The molecule has 0 spiro atoms. The second-order valence-electron chi connectivity index (χ2n) is 7.43. The van der Waals surface area contributed by atoms with Gasteiger partial charge in [-0.15, -0.1) is 0 Å². The van der Waals surface area contributed by atoms with E-state index >= 15 is 0 Å². The van der Waals surface area contributed by atoms with E-state index in [1.54, 1.807) is 12.4 Å². The topological polar surface area (TPSA) is 62.3 Å². The summed E-state index contributed by atoms with van der Waals surface area (Å²) < 4.78 is 0. The molecule has 5 heteroatoms.